The molecule has 1 aliphatic carbocycles. The van der Waals surface area contributed by atoms with E-state index in [-0.39, 0.29) is 11.8 Å². The van der Waals surface area contributed by atoms with Crippen molar-refractivity contribution >= 4 is 10.0 Å². The molecule has 0 unspecified atom stereocenters. The summed E-state index contributed by atoms with van der Waals surface area (Å²) in [6.07, 6.45) is 4.45. The van der Waals surface area contributed by atoms with Gasteiger partial charge in [-0.15, -0.1) is 0 Å². The molecule has 3 N–H and O–H groups in total. The lowest BCUT2D eigenvalue weighted by atomic mass is 10.1. The molecule has 0 aromatic heterocycles. The first-order chi connectivity index (χ1) is 6.53. The normalized spacial score (nSPS) is 21.3. The molecule has 14 heavy (non-hydrogen) atoms. The van der Waals surface area contributed by atoms with Gasteiger partial charge in [0, 0.05) is 12.6 Å². The van der Waals surface area contributed by atoms with Crippen LogP contribution in [0.4, 0.5) is 0 Å². The monoisotopic (exact) mass is 220 g/mol. The van der Waals surface area contributed by atoms with Gasteiger partial charge in [-0.05, 0) is 25.7 Å². The Morgan fingerprint density at radius 3 is 2.50 bits per heavy atom. The van der Waals surface area contributed by atoms with E-state index in [1.165, 1.54) is 12.8 Å². The van der Waals surface area contributed by atoms with E-state index in [2.05, 4.69) is 4.72 Å². The van der Waals surface area contributed by atoms with Crippen molar-refractivity contribution in [2.24, 2.45) is 11.7 Å². The third-order valence-electron chi connectivity index (χ3n) is 2.66. The number of hydrogen-bond donors (Lipinski definition) is 2. The number of sulfonamides is 1. The van der Waals surface area contributed by atoms with Crippen molar-refractivity contribution < 1.29 is 8.42 Å². The molecule has 0 aliphatic heterocycles. The van der Waals surface area contributed by atoms with Crippen LogP contribution in [0.2, 0.25) is 0 Å². The summed E-state index contributed by atoms with van der Waals surface area (Å²) in [5, 5.41) is 0. The summed E-state index contributed by atoms with van der Waals surface area (Å²) < 4.78 is 25.8. The molecular weight excluding hydrogens is 200 g/mol. The second-order valence-electron chi connectivity index (χ2n) is 4.19. The highest BCUT2D eigenvalue weighted by atomic mass is 32.2. The van der Waals surface area contributed by atoms with Gasteiger partial charge in [0.2, 0.25) is 10.0 Å². The summed E-state index contributed by atoms with van der Waals surface area (Å²) in [6.45, 7) is 2.14. The van der Waals surface area contributed by atoms with Gasteiger partial charge in [-0.1, -0.05) is 12.8 Å². The highest BCUT2D eigenvalue weighted by Crippen LogP contribution is 2.25. The molecule has 0 aromatic carbocycles. The Kier molecular flexibility index (Phi) is 4.34. The largest absolute Gasteiger partial charge is 0.329 e. The predicted octanol–water partition coefficient (Wildman–Crippen LogP) is 0.443. The standard InChI is InChI=1S/C9H20N2O2S/c1-8(6-10)11-14(12,13)7-9-4-2-3-5-9/h8-9,11H,2-7,10H2,1H3/t8-/m0/s1. The molecule has 1 atom stereocenters. The van der Waals surface area contributed by atoms with Crippen molar-refractivity contribution in [1.82, 2.24) is 4.72 Å². The third kappa shape index (κ3) is 3.94. The summed E-state index contributed by atoms with van der Waals surface area (Å²) in [5.74, 6) is 0.634. The lowest BCUT2D eigenvalue weighted by Gasteiger charge is -2.14. The van der Waals surface area contributed by atoms with Gasteiger partial charge in [0.25, 0.3) is 0 Å². The summed E-state index contributed by atoms with van der Waals surface area (Å²) in [5.41, 5.74) is 5.36. The van der Waals surface area contributed by atoms with Crippen molar-refractivity contribution in [1.29, 1.82) is 0 Å². The zero-order valence-corrected chi connectivity index (χ0v) is 9.52. The lowest BCUT2D eigenvalue weighted by molar-refractivity contribution is 0.534. The fraction of sp³-hybridized carbons (Fsp3) is 1.00. The van der Waals surface area contributed by atoms with Crippen molar-refractivity contribution in [2.45, 2.75) is 38.6 Å². The summed E-state index contributed by atoms with van der Waals surface area (Å²) in [4.78, 5) is 0. The molecule has 1 rings (SSSR count). The summed E-state index contributed by atoms with van der Waals surface area (Å²) >= 11 is 0. The van der Waals surface area contributed by atoms with Gasteiger partial charge < -0.3 is 5.73 Å². The minimum Gasteiger partial charge on any atom is -0.329 e. The van der Waals surface area contributed by atoms with Gasteiger partial charge in [0.05, 0.1) is 5.75 Å². The quantitative estimate of drug-likeness (QED) is 0.706. The molecule has 0 spiro atoms. The fourth-order valence-corrected chi connectivity index (χ4v) is 3.65. The van der Waals surface area contributed by atoms with Crippen LogP contribution in [0, 0.1) is 5.92 Å². The zero-order chi connectivity index (χ0) is 10.6. The van der Waals surface area contributed by atoms with Crippen LogP contribution in [0.1, 0.15) is 32.6 Å². The maximum atomic E-state index is 11.6. The summed E-state index contributed by atoms with van der Waals surface area (Å²) in [6, 6.07) is -0.151. The van der Waals surface area contributed by atoms with Crippen LogP contribution in [0.3, 0.4) is 0 Å². The van der Waals surface area contributed by atoms with Crippen LogP contribution in [-0.2, 0) is 10.0 Å². The Hall–Kier alpha value is -0.130. The van der Waals surface area contributed by atoms with Crippen molar-refractivity contribution in [3.05, 3.63) is 0 Å². The molecule has 0 heterocycles. The topological polar surface area (TPSA) is 72.2 Å². The average molecular weight is 220 g/mol. The number of nitrogens with two attached hydrogens (primary N) is 1. The van der Waals surface area contributed by atoms with E-state index in [0.29, 0.717) is 12.5 Å². The van der Waals surface area contributed by atoms with Crippen LogP contribution in [0.15, 0.2) is 0 Å². The number of rotatable bonds is 5. The van der Waals surface area contributed by atoms with Gasteiger partial charge >= 0.3 is 0 Å². The highest BCUT2D eigenvalue weighted by Gasteiger charge is 2.23. The van der Waals surface area contributed by atoms with Crippen LogP contribution in [-0.4, -0.2) is 26.8 Å². The van der Waals surface area contributed by atoms with E-state index >= 15 is 0 Å². The van der Waals surface area contributed by atoms with Crippen molar-refractivity contribution in [3.63, 3.8) is 0 Å². The van der Waals surface area contributed by atoms with Gasteiger partial charge in [0.15, 0.2) is 0 Å². The van der Waals surface area contributed by atoms with E-state index in [1.807, 2.05) is 0 Å². The van der Waals surface area contributed by atoms with E-state index in [4.69, 9.17) is 5.73 Å². The van der Waals surface area contributed by atoms with Crippen molar-refractivity contribution in [3.8, 4) is 0 Å². The minimum absolute atomic E-state index is 0.151. The Morgan fingerprint density at radius 1 is 1.43 bits per heavy atom. The zero-order valence-electron chi connectivity index (χ0n) is 8.70. The van der Waals surface area contributed by atoms with Crippen molar-refractivity contribution in [2.75, 3.05) is 12.3 Å². The van der Waals surface area contributed by atoms with Crippen LogP contribution < -0.4 is 10.5 Å². The van der Waals surface area contributed by atoms with E-state index in [9.17, 15) is 8.42 Å². The SMILES string of the molecule is C[C@@H](CN)NS(=O)(=O)CC1CCCC1. The number of nitrogens with one attached hydrogen (secondary N) is 1. The fourth-order valence-electron chi connectivity index (χ4n) is 1.89. The molecule has 0 aromatic rings. The Morgan fingerprint density at radius 2 is 2.00 bits per heavy atom. The van der Waals surface area contributed by atoms with Gasteiger partial charge in [-0.2, -0.15) is 0 Å². The Balaban J connectivity index is 2.40. The van der Waals surface area contributed by atoms with E-state index < -0.39 is 10.0 Å². The average Bonchev–Trinajstić information content (AvgIpc) is 2.54. The molecule has 0 saturated heterocycles. The first-order valence-corrected chi connectivity index (χ1v) is 6.89. The molecule has 1 saturated carbocycles. The van der Waals surface area contributed by atoms with Gasteiger partial charge in [-0.25, -0.2) is 13.1 Å². The molecular formula is C9H20N2O2S. The maximum Gasteiger partial charge on any atom is 0.212 e. The highest BCUT2D eigenvalue weighted by molar-refractivity contribution is 7.89. The second-order valence-corrected chi connectivity index (χ2v) is 5.99. The molecule has 84 valence electrons. The Bertz CT molecular complexity index is 258. The van der Waals surface area contributed by atoms with Gasteiger partial charge in [0.1, 0.15) is 0 Å². The first-order valence-electron chi connectivity index (χ1n) is 5.23. The molecule has 5 heteroatoms. The van der Waals surface area contributed by atoms with Crippen LogP contribution >= 0.6 is 0 Å². The van der Waals surface area contributed by atoms with Gasteiger partial charge in [-0.3, -0.25) is 0 Å². The van der Waals surface area contributed by atoms with E-state index in [0.717, 1.165) is 12.8 Å². The second kappa shape index (κ2) is 5.09. The molecule has 0 radical (unpaired) electrons. The number of hydrogen-bond acceptors (Lipinski definition) is 3. The summed E-state index contributed by atoms with van der Waals surface area (Å²) in [7, 11) is -3.11. The Labute approximate surface area is 86.3 Å². The molecule has 4 nitrogen and oxygen atoms in total. The van der Waals surface area contributed by atoms with E-state index in [1.54, 1.807) is 6.92 Å². The van der Waals surface area contributed by atoms with Crippen LogP contribution in [0.5, 0.6) is 0 Å². The molecule has 1 fully saturated rings. The first kappa shape index (κ1) is 11.9. The molecule has 1 aliphatic rings. The molecule has 0 bridgehead atoms. The molecule has 0 amide bonds. The predicted molar refractivity (Wildman–Crippen MR) is 57.4 cm³/mol. The minimum atomic E-state index is -3.11. The smallest absolute Gasteiger partial charge is 0.212 e. The maximum absolute atomic E-state index is 11.6. The lowest BCUT2D eigenvalue weighted by Crippen LogP contribution is -2.40. The third-order valence-corrected chi connectivity index (χ3v) is 4.34. The van der Waals surface area contributed by atoms with Crippen LogP contribution in [0.25, 0.3) is 0 Å².